The van der Waals surface area contributed by atoms with E-state index < -0.39 is 5.97 Å². The zero-order chi connectivity index (χ0) is 21.3. The molecule has 3 aromatic rings. The first-order chi connectivity index (χ1) is 14.5. The maximum Gasteiger partial charge on any atom is 0.337 e. The molecule has 1 aromatic heterocycles. The van der Waals surface area contributed by atoms with Crippen LogP contribution in [-0.2, 0) is 11.3 Å². The molecule has 7 nitrogen and oxygen atoms in total. The molecule has 2 aromatic carbocycles. The van der Waals surface area contributed by atoms with Crippen molar-refractivity contribution in [2.45, 2.75) is 6.54 Å². The summed E-state index contributed by atoms with van der Waals surface area (Å²) in [4.78, 5) is 34.4. The fourth-order valence-corrected chi connectivity index (χ4v) is 3.62. The lowest BCUT2D eigenvalue weighted by molar-refractivity contribution is 0.0601. The quantitative estimate of drug-likeness (QED) is 0.614. The first kappa shape index (κ1) is 20.0. The molecule has 8 heteroatoms. The van der Waals surface area contributed by atoms with Gasteiger partial charge in [0.05, 0.1) is 30.1 Å². The maximum absolute atomic E-state index is 13.4. The molecule has 0 amide bonds. The number of halogens is 1. The van der Waals surface area contributed by atoms with Gasteiger partial charge in [0.2, 0.25) is 5.95 Å². The molecule has 0 aliphatic carbocycles. The second-order valence-corrected chi connectivity index (χ2v) is 7.44. The minimum absolute atomic E-state index is 0.199. The van der Waals surface area contributed by atoms with E-state index in [1.54, 1.807) is 34.9 Å². The van der Waals surface area contributed by atoms with Gasteiger partial charge in [0, 0.05) is 26.2 Å². The SMILES string of the molecule is COC(=O)c1ccc2c(=O)n(Cc3ccc(F)cc3)c(N3CCN(C)CC3)nc2c1. The second kappa shape index (κ2) is 8.23. The number of anilines is 1. The van der Waals surface area contributed by atoms with Crippen LogP contribution in [0.25, 0.3) is 10.9 Å². The molecule has 0 radical (unpaired) electrons. The van der Waals surface area contributed by atoms with Gasteiger partial charge in [-0.3, -0.25) is 9.36 Å². The van der Waals surface area contributed by atoms with E-state index in [-0.39, 0.29) is 17.9 Å². The highest BCUT2D eigenvalue weighted by molar-refractivity contribution is 5.94. The number of fused-ring (bicyclic) bond motifs is 1. The van der Waals surface area contributed by atoms with E-state index in [9.17, 15) is 14.0 Å². The van der Waals surface area contributed by atoms with Crippen molar-refractivity contribution in [3.05, 3.63) is 69.8 Å². The second-order valence-electron chi connectivity index (χ2n) is 7.44. The van der Waals surface area contributed by atoms with Crippen molar-refractivity contribution in [2.24, 2.45) is 0 Å². The fourth-order valence-electron chi connectivity index (χ4n) is 3.62. The third kappa shape index (κ3) is 3.91. The number of carbonyl (C=O) groups is 1. The molecule has 4 rings (SSSR count). The number of piperazine rings is 1. The van der Waals surface area contributed by atoms with Gasteiger partial charge in [0.15, 0.2) is 0 Å². The molecule has 30 heavy (non-hydrogen) atoms. The third-order valence-corrected chi connectivity index (χ3v) is 5.40. The van der Waals surface area contributed by atoms with Gasteiger partial charge in [-0.2, -0.15) is 0 Å². The highest BCUT2D eigenvalue weighted by atomic mass is 19.1. The Labute approximate surface area is 173 Å². The molecule has 0 N–H and O–H groups in total. The normalized spacial score (nSPS) is 14.8. The summed E-state index contributed by atoms with van der Waals surface area (Å²) in [5, 5.41) is 0.419. The van der Waals surface area contributed by atoms with E-state index in [1.165, 1.54) is 19.2 Å². The van der Waals surface area contributed by atoms with Gasteiger partial charge in [0.25, 0.3) is 5.56 Å². The van der Waals surface area contributed by atoms with Gasteiger partial charge in [-0.05, 0) is 42.9 Å². The average molecular weight is 410 g/mol. The molecule has 0 atom stereocenters. The summed E-state index contributed by atoms with van der Waals surface area (Å²) in [5.74, 6) is -0.250. The Morgan fingerprint density at radius 2 is 1.80 bits per heavy atom. The van der Waals surface area contributed by atoms with Crippen LogP contribution in [0.4, 0.5) is 10.3 Å². The van der Waals surface area contributed by atoms with Gasteiger partial charge in [-0.15, -0.1) is 0 Å². The van der Waals surface area contributed by atoms with Crippen molar-refractivity contribution in [1.82, 2.24) is 14.5 Å². The van der Waals surface area contributed by atoms with E-state index >= 15 is 0 Å². The Morgan fingerprint density at radius 3 is 2.47 bits per heavy atom. The lowest BCUT2D eigenvalue weighted by atomic mass is 10.1. The lowest BCUT2D eigenvalue weighted by Gasteiger charge is -2.34. The smallest absolute Gasteiger partial charge is 0.337 e. The maximum atomic E-state index is 13.4. The van der Waals surface area contributed by atoms with E-state index in [0.29, 0.717) is 22.4 Å². The zero-order valence-electron chi connectivity index (χ0n) is 17.0. The van der Waals surface area contributed by atoms with Crippen molar-refractivity contribution in [1.29, 1.82) is 0 Å². The Balaban J connectivity index is 1.85. The topological polar surface area (TPSA) is 67.7 Å². The number of benzene rings is 2. The van der Waals surface area contributed by atoms with Crippen LogP contribution >= 0.6 is 0 Å². The summed E-state index contributed by atoms with van der Waals surface area (Å²) < 4.78 is 19.7. The van der Waals surface area contributed by atoms with Crippen molar-refractivity contribution < 1.29 is 13.9 Å². The molecule has 0 saturated carbocycles. The molecule has 1 aliphatic rings. The molecule has 0 spiro atoms. The number of nitrogens with zero attached hydrogens (tertiary/aromatic N) is 4. The number of ether oxygens (including phenoxy) is 1. The Kier molecular flexibility index (Phi) is 5.50. The van der Waals surface area contributed by atoms with Crippen LogP contribution in [0.2, 0.25) is 0 Å². The summed E-state index contributed by atoms with van der Waals surface area (Å²) >= 11 is 0. The lowest BCUT2D eigenvalue weighted by Crippen LogP contribution is -2.47. The third-order valence-electron chi connectivity index (χ3n) is 5.40. The summed E-state index contributed by atoms with van der Waals surface area (Å²) in [6.45, 7) is 3.45. The van der Waals surface area contributed by atoms with E-state index in [1.807, 2.05) is 0 Å². The monoisotopic (exact) mass is 410 g/mol. The first-order valence-electron chi connectivity index (χ1n) is 9.77. The van der Waals surface area contributed by atoms with Crippen LogP contribution in [0.5, 0.6) is 0 Å². The van der Waals surface area contributed by atoms with Gasteiger partial charge in [-0.1, -0.05) is 12.1 Å². The average Bonchev–Trinajstić information content (AvgIpc) is 2.76. The van der Waals surface area contributed by atoms with Crippen molar-refractivity contribution in [3.63, 3.8) is 0 Å². The Hall–Kier alpha value is -3.26. The number of carbonyl (C=O) groups excluding carboxylic acids is 1. The highest BCUT2D eigenvalue weighted by Gasteiger charge is 2.21. The van der Waals surface area contributed by atoms with Crippen molar-refractivity contribution in [2.75, 3.05) is 45.2 Å². The van der Waals surface area contributed by atoms with Crippen LogP contribution in [0, 0.1) is 5.82 Å². The molecule has 156 valence electrons. The molecule has 1 aliphatic heterocycles. The van der Waals surface area contributed by atoms with Crippen LogP contribution in [0.3, 0.4) is 0 Å². The first-order valence-corrected chi connectivity index (χ1v) is 9.77. The van der Waals surface area contributed by atoms with E-state index in [0.717, 1.165) is 31.7 Å². The number of rotatable bonds is 4. The largest absolute Gasteiger partial charge is 0.465 e. The Bertz CT molecular complexity index is 1140. The predicted molar refractivity (Wildman–Crippen MR) is 113 cm³/mol. The summed E-state index contributed by atoms with van der Waals surface area (Å²) in [6.07, 6.45) is 0. The van der Waals surface area contributed by atoms with E-state index in [2.05, 4.69) is 16.8 Å². The van der Waals surface area contributed by atoms with Crippen LogP contribution in [0.15, 0.2) is 47.3 Å². The molecule has 2 heterocycles. The predicted octanol–water partition coefficient (Wildman–Crippen LogP) is 2.12. The van der Waals surface area contributed by atoms with Crippen LogP contribution in [0.1, 0.15) is 15.9 Å². The minimum Gasteiger partial charge on any atom is -0.465 e. The minimum atomic E-state index is -0.477. The molecule has 0 unspecified atom stereocenters. The van der Waals surface area contributed by atoms with Gasteiger partial charge in [0.1, 0.15) is 5.82 Å². The Morgan fingerprint density at radius 1 is 1.10 bits per heavy atom. The van der Waals surface area contributed by atoms with Gasteiger partial charge >= 0.3 is 5.97 Å². The number of hydrogen-bond acceptors (Lipinski definition) is 6. The van der Waals surface area contributed by atoms with Crippen molar-refractivity contribution >= 4 is 22.8 Å². The molecule has 0 bridgehead atoms. The van der Waals surface area contributed by atoms with Gasteiger partial charge < -0.3 is 14.5 Å². The number of aromatic nitrogens is 2. The number of likely N-dealkylation sites (N-methyl/N-ethyl adjacent to an activating group) is 1. The van der Waals surface area contributed by atoms with Crippen LogP contribution in [-0.4, -0.2) is 60.8 Å². The zero-order valence-corrected chi connectivity index (χ0v) is 17.0. The summed E-state index contributed by atoms with van der Waals surface area (Å²) in [5.41, 5.74) is 1.40. The highest BCUT2D eigenvalue weighted by Crippen LogP contribution is 2.20. The summed E-state index contributed by atoms with van der Waals surface area (Å²) in [6, 6.07) is 10.9. The van der Waals surface area contributed by atoms with Crippen LogP contribution < -0.4 is 10.5 Å². The number of esters is 1. The number of hydrogen-bond donors (Lipinski definition) is 0. The van der Waals surface area contributed by atoms with E-state index in [4.69, 9.17) is 9.72 Å². The molecule has 1 saturated heterocycles. The standard InChI is InChI=1S/C22H23FN4O3/c1-25-9-11-26(12-10-25)22-24-19-13-16(21(29)30-2)5-8-18(19)20(28)27(22)14-15-3-6-17(23)7-4-15/h3-8,13H,9-12,14H2,1-2H3. The summed E-state index contributed by atoms with van der Waals surface area (Å²) in [7, 11) is 3.37. The fraction of sp³-hybridized carbons (Fsp3) is 0.318. The number of methoxy groups -OCH3 is 1. The molecular weight excluding hydrogens is 387 g/mol. The molecule has 1 fully saturated rings. The van der Waals surface area contributed by atoms with Gasteiger partial charge in [-0.25, -0.2) is 14.2 Å². The molecular formula is C22H23FN4O3. The van der Waals surface area contributed by atoms with Crippen molar-refractivity contribution in [3.8, 4) is 0 Å².